The van der Waals surface area contributed by atoms with Gasteiger partial charge in [0, 0.05) is 31.5 Å². The molecule has 33 heavy (non-hydrogen) atoms. The summed E-state index contributed by atoms with van der Waals surface area (Å²) in [5.41, 5.74) is 0.870. The zero-order valence-electron chi connectivity index (χ0n) is 18.7. The number of carbonyl (C=O) groups is 2. The molecule has 4 rings (SSSR count). The van der Waals surface area contributed by atoms with Crippen molar-refractivity contribution in [2.75, 3.05) is 32.7 Å². The maximum Gasteiger partial charge on any atom is 0.415 e. The summed E-state index contributed by atoms with van der Waals surface area (Å²) in [7, 11) is 0. The standard InChI is InChI=1S/C25H29F2N3O3/c1-2-30(25(32)33-21-9-7-20(27)8-10-21)23-16-29(24(31)18-11-13-28-14-12-18)15-22(23)17-3-5-19(26)6-4-17/h3-10,18,22-23,28H,2,11-16H2,1H3/t22-,23+/m0/s1. The van der Waals surface area contributed by atoms with Crippen molar-refractivity contribution in [3.63, 3.8) is 0 Å². The van der Waals surface area contributed by atoms with Crippen LogP contribution < -0.4 is 10.1 Å². The van der Waals surface area contributed by atoms with E-state index in [-0.39, 0.29) is 35.4 Å². The Labute approximate surface area is 192 Å². The number of nitrogens with one attached hydrogen (secondary N) is 1. The predicted octanol–water partition coefficient (Wildman–Crippen LogP) is 3.78. The number of carbonyl (C=O) groups excluding carboxylic acids is 2. The number of nitrogens with zero attached hydrogens (tertiary/aromatic N) is 2. The summed E-state index contributed by atoms with van der Waals surface area (Å²) < 4.78 is 32.3. The average Bonchev–Trinajstić information content (AvgIpc) is 3.26. The molecule has 2 atom stereocenters. The summed E-state index contributed by atoms with van der Waals surface area (Å²) in [4.78, 5) is 29.8. The summed E-state index contributed by atoms with van der Waals surface area (Å²) in [6.07, 6.45) is 1.04. The lowest BCUT2D eigenvalue weighted by Crippen LogP contribution is -2.46. The van der Waals surface area contributed by atoms with Gasteiger partial charge in [-0.3, -0.25) is 4.79 Å². The largest absolute Gasteiger partial charge is 0.415 e. The van der Waals surface area contributed by atoms with Gasteiger partial charge in [-0.1, -0.05) is 12.1 Å². The predicted molar refractivity (Wildman–Crippen MR) is 120 cm³/mol. The number of piperidine rings is 1. The highest BCUT2D eigenvalue weighted by Gasteiger charge is 2.42. The average molecular weight is 458 g/mol. The number of hydrogen-bond donors (Lipinski definition) is 1. The zero-order chi connectivity index (χ0) is 23.4. The first kappa shape index (κ1) is 23.2. The first-order valence-corrected chi connectivity index (χ1v) is 11.4. The van der Waals surface area contributed by atoms with Crippen molar-refractivity contribution in [3.8, 4) is 5.75 Å². The van der Waals surface area contributed by atoms with Crippen LogP contribution in [0.2, 0.25) is 0 Å². The number of likely N-dealkylation sites (N-methyl/N-ethyl adjacent to an activating group) is 1. The highest BCUT2D eigenvalue weighted by atomic mass is 19.1. The van der Waals surface area contributed by atoms with Crippen molar-refractivity contribution < 1.29 is 23.1 Å². The normalized spacial score (nSPS) is 21.1. The Hall–Kier alpha value is -3.00. The maximum atomic E-state index is 13.6. The quantitative estimate of drug-likeness (QED) is 0.743. The molecule has 0 aliphatic carbocycles. The van der Waals surface area contributed by atoms with Gasteiger partial charge in [-0.05, 0) is 74.8 Å². The molecular formula is C25H29F2N3O3. The Morgan fingerprint density at radius 3 is 2.21 bits per heavy atom. The molecule has 0 aromatic heterocycles. The molecule has 0 unspecified atom stereocenters. The molecule has 8 heteroatoms. The minimum Gasteiger partial charge on any atom is -0.410 e. The lowest BCUT2D eigenvalue weighted by Gasteiger charge is -2.31. The lowest BCUT2D eigenvalue weighted by molar-refractivity contribution is -0.135. The number of halogens is 2. The molecule has 2 fully saturated rings. The Bertz CT molecular complexity index is 962. The number of hydrogen-bond acceptors (Lipinski definition) is 4. The lowest BCUT2D eigenvalue weighted by atomic mass is 9.93. The van der Waals surface area contributed by atoms with Gasteiger partial charge in [0.05, 0.1) is 6.04 Å². The first-order valence-electron chi connectivity index (χ1n) is 11.4. The smallest absolute Gasteiger partial charge is 0.410 e. The molecule has 0 bridgehead atoms. The molecule has 2 aromatic carbocycles. The first-order chi connectivity index (χ1) is 16.0. The molecule has 2 amide bonds. The fraction of sp³-hybridized carbons (Fsp3) is 0.440. The second-order valence-electron chi connectivity index (χ2n) is 8.60. The van der Waals surface area contributed by atoms with Crippen molar-refractivity contribution in [2.45, 2.75) is 31.7 Å². The van der Waals surface area contributed by atoms with Crippen molar-refractivity contribution in [3.05, 3.63) is 65.7 Å². The summed E-state index contributed by atoms with van der Waals surface area (Å²) >= 11 is 0. The molecular weight excluding hydrogens is 428 g/mol. The Kier molecular flexibility index (Phi) is 7.23. The van der Waals surface area contributed by atoms with Gasteiger partial charge in [-0.25, -0.2) is 13.6 Å². The van der Waals surface area contributed by atoms with E-state index in [1.54, 1.807) is 17.0 Å². The minimum absolute atomic E-state index is 0.0277. The van der Waals surface area contributed by atoms with Gasteiger partial charge < -0.3 is 19.9 Å². The van der Waals surface area contributed by atoms with Gasteiger partial charge in [0.1, 0.15) is 17.4 Å². The SMILES string of the molecule is CCN(C(=O)Oc1ccc(F)cc1)[C@@H]1CN(C(=O)C2CCNCC2)C[C@H]1c1ccc(F)cc1. The number of benzene rings is 2. The van der Waals surface area contributed by atoms with Crippen LogP contribution in [0.4, 0.5) is 13.6 Å². The van der Waals surface area contributed by atoms with E-state index in [1.807, 2.05) is 11.8 Å². The molecule has 0 radical (unpaired) electrons. The Balaban J connectivity index is 1.56. The fourth-order valence-corrected chi connectivity index (χ4v) is 4.81. The molecule has 2 aliphatic heterocycles. The van der Waals surface area contributed by atoms with E-state index >= 15 is 0 Å². The van der Waals surface area contributed by atoms with E-state index in [0.717, 1.165) is 31.5 Å². The number of rotatable bonds is 5. The van der Waals surface area contributed by atoms with E-state index in [9.17, 15) is 18.4 Å². The van der Waals surface area contributed by atoms with Crippen LogP contribution in [-0.4, -0.2) is 60.6 Å². The molecule has 1 N–H and O–H groups in total. The second kappa shape index (κ2) is 10.3. The van der Waals surface area contributed by atoms with Crippen LogP contribution in [0.15, 0.2) is 48.5 Å². The molecule has 2 saturated heterocycles. The molecule has 2 aromatic rings. The topological polar surface area (TPSA) is 61.9 Å². The van der Waals surface area contributed by atoms with Gasteiger partial charge in [0.2, 0.25) is 5.91 Å². The van der Waals surface area contributed by atoms with Crippen LogP contribution in [0.1, 0.15) is 31.2 Å². The Morgan fingerprint density at radius 1 is 1.00 bits per heavy atom. The van der Waals surface area contributed by atoms with Crippen LogP contribution >= 0.6 is 0 Å². The third-order valence-electron chi connectivity index (χ3n) is 6.58. The van der Waals surface area contributed by atoms with Crippen LogP contribution in [0.25, 0.3) is 0 Å². The van der Waals surface area contributed by atoms with E-state index in [0.29, 0.717) is 19.6 Å². The van der Waals surface area contributed by atoms with Crippen molar-refractivity contribution in [2.24, 2.45) is 5.92 Å². The van der Waals surface area contributed by atoms with Crippen LogP contribution in [0.3, 0.4) is 0 Å². The number of likely N-dealkylation sites (tertiary alicyclic amines) is 1. The minimum atomic E-state index is -0.558. The molecule has 176 valence electrons. The molecule has 6 nitrogen and oxygen atoms in total. The van der Waals surface area contributed by atoms with E-state index in [2.05, 4.69) is 5.32 Å². The van der Waals surface area contributed by atoms with Gasteiger partial charge in [0.25, 0.3) is 0 Å². The van der Waals surface area contributed by atoms with E-state index in [1.165, 1.54) is 36.4 Å². The molecule has 2 heterocycles. The third-order valence-corrected chi connectivity index (χ3v) is 6.58. The summed E-state index contributed by atoms with van der Waals surface area (Å²) in [5, 5.41) is 3.28. The van der Waals surface area contributed by atoms with E-state index < -0.39 is 11.9 Å². The molecule has 0 spiro atoms. The summed E-state index contributed by atoms with van der Waals surface area (Å²) in [6, 6.07) is 11.2. The molecule has 2 aliphatic rings. The highest BCUT2D eigenvalue weighted by molar-refractivity contribution is 5.80. The van der Waals surface area contributed by atoms with Gasteiger partial charge >= 0.3 is 6.09 Å². The molecule has 0 saturated carbocycles. The third kappa shape index (κ3) is 5.33. The van der Waals surface area contributed by atoms with Crippen LogP contribution in [-0.2, 0) is 4.79 Å². The van der Waals surface area contributed by atoms with Crippen LogP contribution in [0.5, 0.6) is 5.75 Å². The highest BCUT2D eigenvalue weighted by Crippen LogP contribution is 2.33. The Morgan fingerprint density at radius 2 is 1.61 bits per heavy atom. The zero-order valence-corrected chi connectivity index (χ0v) is 18.7. The summed E-state index contributed by atoms with van der Waals surface area (Å²) in [6.45, 7) is 4.71. The number of amides is 2. The van der Waals surface area contributed by atoms with Crippen molar-refractivity contribution in [1.29, 1.82) is 0 Å². The van der Waals surface area contributed by atoms with Gasteiger partial charge in [-0.2, -0.15) is 0 Å². The number of ether oxygens (including phenoxy) is 1. The fourth-order valence-electron chi connectivity index (χ4n) is 4.81. The monoisotopic (exact) mass is 457 g/mol. The van der Waals surface area contributed by atoms with Crippen LogP contribution in [0, 0.1) is 17.6 Å². The van der Waals surface area contributed by atoms with Crippen molar-refractivity contribution >= 4 is 12.0 Å². The van der Waals surface area contributed by atoms with Gasteiger partial charge in [-0.15, -0.1) is 0 Å². The second-order valence-corrected chi connectivity index (χ2v) is 8.60. The van der Waals surface area contributed by atoms with E-state index in [4.69, 9.17) is 4.74 Å². The summed E-state index contributed by atoms with van der Waals surface area (Å²) in [5.74, 6) is -0.592. The maximum absolute atomic E-state index is 13.6. The van der Waals surface area contributed by atoms with Crippen molar-refractivity contribution in [1.82, 2.24) is 15.1 Å². The van der Waals surface area contributed by atoms with Gasteiger partial charge in [0.15, 0.2) is 0 Å².